The summed E-state index contributed by atoms with van der Waals surface area (Å²) in [6.45, 7) is 0.722. The van der Waals surface area contributed by atoms with E-state index in [1.54, 1.807) is 0 Å². The molecule has 1 aliphatic heterocycles. The van der Waals surface area contributed by atoms with Crippen molar-refractivity contribution in [2.75, 3.05) is 6.54 Å². The molecule has 1 atom stereocenters. The van der Waals surface area contributed by atoms with Crippen LogP contribution in [-0.4, -0.2) is 37.6 Å². The smallest absolute Gasteiger partial charge is 0.324 e. The Bertz CT molecular complexity index is 281. The third-order valence-corrected chi connectivity index (χ3v) is 6.21. The van der Waals surface area contributed by atoms with Crippen molar-refractivity contribution in [1.82, 2.24) is 5.32 Å². The van der Waals surface area contributed by atoms with Crippen LogP contribution in [0.1, 0.15) is 19.3 Å². The van der Waals surface area contributed by atoms with Crippen molar-refractivity contribution in [3.63, 3.8) is 0 Å². The van der Waals surface area contributed by atoms with Crippen molar-refractivity contribution in [3.8, 4) is 0 Å². The van der Waals surface area contributed by atoms with E-state index in [1.165, 1.54) is 0 Å². The van der Waals surface area contributed by atoms with E-state index >= 15 is 0 Å². The molecular weight excluding hydrogens is 244 g/mol. The lowest BCUT2D eigenvalue weighted by molar-refractivity contribution is 0.329. The van der Waals surface area contributed by atoms with E-state index in [9.17, 15) is 9.13 Å². The molecule has 1 saturated heterocycles. The van der Waals surface area contributed by atoms with Crippen LogP contribution in [-0.2, 0) is 9.13 Å². The van der Waals surface area contributed by atoms with Crippen molar-refractivity contribution in [1.29, 1.82) is 0 Å². The largest absolute Gasteiger partial charge is 0.340 e. The van der Waals surface area contributed by atoms with Gasteiger partial charge in [-0.2, -0.15) is 0 Å². The first kappa shape index (κ1) is 13.3. The molecule has 1 fully saturated rings. The van der Waals surface area contributed by atoms with E-state index in [-0.39, 0.29) is 12.5 Å². The molecule has 0 aromatic carbocycles. The van der Waals surface area contributed by atoms with Gasteiger partial charge in [-0.15, -0.1) is 0 Å². The van der Waals surface area contributed by atoms with E-state index in [1.807, 2.05) is 0 Å². The van der Waals surface area contributed by atoms with Gasteiger partial charge in [0.1, 0.15) is 0 Å². The first-order valence-corrected chi connectivity index (χ1v) is 7.91. The molecular formula is C6H15NO6P2. The van der Waals surface area contributed by atoms with Crippen molar-refractivity contribution < 1.29 is 28.7 Å². The van der Waals surface area contributed by atoms with Gasteiger partial charge in [0, 0.05) is 6.04 Å². The Kier molecular flexibility index (Phi) is 4.12. The van der Waals surface area contributed by atoms with Crippen molar-refractivity contribution in [3.05, 3.63) is 0 Å². The van der Waals surface area contributed by atoms with Crippen LogP contribution in [0.5, 0.6) is 0 Å². The molecule has 0 amide bonds. The average molecular weight is 259 g/mol. The average Bonchev–Trinajstić information content (AvgIpc) is 2.46. The van der Waals surface area contributed by atoms with Gasteiger partial charge in [-0.3, -0.25) is 9.13 Å². The quantitative estimate of drug-likeness (QED) is 0.443. The highest BCUT2D eigenvalue weighted by Gasteiger charge is 2.44. The van der Waals surface area contributed by atoms with Gasteiger partial charge in [-0.05, 0) is 25.8 Å². The van der Waals surface area contributed by atoms with Crippen LogP contribution in [0.4, 0.5) is 0 Å². The Morgan fingerprint density at radius 1 is 1.20 bits per heavy atom. The molecule has 1 unspecified atom stereocenters. The number of hydrogen-bond donors (Lipinski definition) is 5. The summed E-state index contributed by atoms with van der Waals surface area (Å²) in [6.07, 6.45) is 1.37. The standard InChI is InChI=1S/C6H15NO6P2/c8-14(9,10)6(15(11,12)13)4-5-2-1-3-7-5/h5-7H,1-4H2,(H2,8,9,10)(H2,11,12,13). The van der Waals surface area contributed by atoms with E-state index < -0.39 is 20.6 Å². The number of hydrogen-bond acceptors (Lipinski definition) is 3. The van der Waals surface area contributed by atoms with Gasteiger partial charge in [-0.25, -0.2) is 0 Å². The Balaban J connectivity index is 2.74. The fourth-order valence-corrected chi connectivity index (χ4v) is 4.31. The Hall–Kier alpha value is 0.260. The van der Waals surface area contributed by atoms with Crippen LogP contribution in [0.3, 0.4) is 0 Å². The zero-order chi connectivity index (χ0) is 11.7. The summed E-state index contributed by atoms with van der Waals surface area (Å²) in [7, 11) is -9.51. The Morgan fingerprint density at radius 2 is 1.73 bits per heavy atom. The lowest BCUT2D eigenvalue weighted by Gasteiger charge is -2.22. The molecule has 0 radical (unpaired) electrons. The Morgan fingerprint density at radius 3 is 2.07 bits per heavy atom. The molecule has 9 heteroatoms. The zero-order valence-electron chi connectivity index (χ0n) is 7.98. The summed E-state index contributed by atoms with van der Waals surface area (Å²) in [6, 6.07) is -0.213. The number of rotatable bonds is 4. The monoisotopic (exact) mass is 259 g/mol. The molecule has 0 spiro atoms. The van der Waals surface area contributed by atoms with E-state index in [0.717, 1.165) is 13.0 Å². The summed E-state index contributed by atoms with van der Waals surface area (Å²) in [5.41, 5.74) is 0. The minimum absolute atomic E-state index is 0.186. The normalized spacial score (nSPS) is 23.7. The maximum absolute atomic E-state index is 10.9. The van der Waals surface area contributed by atoms with Gasteiger partial charge >= 0.3 is 15.2 Å². The highest BCUT2D eigenvalue weighted by atomic mass is 31.2. The van der Waals surface area contributed by atoms with Crippen LogP contribution in [0, 0.1) is 0 Å². The first-order valence-electron chi connectivity index (χ1n) is 4.55. The summed E-state index contributed by atoms with van der Waals surface area (Å²) in [4.78, 5) is 35.5. The summed E-state index contributed by atoms with van der Waals surface area (Å²) in [5, 5.41) is 1.07. The lowest BCUT2D eigenvalue weighted by atomic mass is 10.2. The van der Waals surface area contributed by atoms with Crippen LogP contribution >= 0.6 is 15.2 Å². The van der Waals surface area contributed by atoms with Gasteiger partial charge < -0.3 is 24.9 Å². The summed E-state index contributed by atoms with van der Waals surface area (Å²) >= 11 is 0. The second-order valence-electron chi connectivity index (χ2n) is 3.69. The SMILES string of the molecule is O=P(O)(O)C(CC1CCCN1)P(=O)(O)O. The second-order valence-corrected chi connectivity index (χ2v) is 7.70. The van der Waals surface area contributed by atoms with Gasteiger partial charge in [0.15, 0.2) is 5.40 Å². The first-order chi connectivity index (χ1) is 6.71. The third-order valence-electron chi connectivity index (χ3n) is 2.43. The highest BCUT2D eigenvalue weighted by Crippen LogP contribution is 2.61. The van der Waals surface area contributed by atoms with Crippen molar-refractivity contribution in [2.45, 2.75) is 30.7 Å². The maximum Gasteiger partial charge on any atom is 0.340 e. The molecule has 15 heavy (non-hydrogen) atoms. The van der Waals surface area contributed by atoms with Crippen LogP contribution < -0.4 is 5.32 Å². The molecule has 0 aromatic rings. The van der Waals surface area contributed by atoms with Crippen molar-refractivity contribution >= 4 is 15.2 Å². The topological polar surface area (TPSA) is 127 Å². The van der Waals surface area contributed by atoms with E-state index in [2.05, 4.69) is 5.32 Å². The van der Waals surface area contributed by atoms with Crippen LogP contribution in [0.15, 0.2) is 0 Å². The van der Waals surface area contributed by atoms with Crippen LogP contribution in [0.25, 0.3) is 0 Å². The molecule has 0 bridgehead atoms. The summed E-state index contributed by atoms with van der Waals surface area (Å²) < 4.78 is 21.9. The molecule has 7 nitrogen and oxygen atoms in total. The minimum atomic E-state index is -4.75. The van der Waals surface area contributed by atoms with Crippen LogP contribution in [0.2, 0.25) is 0 Å². The van der Waals surface area contributed by atoms with E-state index in [0.29, 0.717) is 6.42 Å². The maximum atomic E-state index is 10.9. The zero-order valence-corrected chi connectivity index (χ0v) is 9.77. The molecule has 5 N–H and O–H groups in total. The molecule has 0 aromatic heterocycles. The number of nitrogens with one attached hydrogen (secondary N) is 1. The highest BCUT2D eigenvalue weighted by molar-refractivity contribution is 7.70. The Labute approximate surface area is 87.2 Å². The van der Waals surface area contributed by atoms with Gasteiger partial charge in [0.2, 0.25) is 0 Å². The lowest BCUT2D eigenvalue weighted by Crippen LogP contribution is -2.26. The minimum Gasteiger partial charge on any atom is -0.324 e. The fraction of sp³-hybridized carbons (Fsp3) is 1.00. The predicted molar refractivity (Wildman–Crippen MR) is 53.5 cm³/mol. The van der Waals surface area contributed by atoms with Gasteiger partial charge in [0.25, 0.3) is 0 Å². The molecule has 1 aliphatic rings. The van der Waals surface area contributed by atoms with Gasteiger partial charge in [0.05, 0.1) is 0 Å². The van der Waals surface area contributed by atoms with Gasteiger partial charge in [-0.1, -0.05) is 0 Å². The second kappa shape index (κ2) is 4.63. The van der Waals surface area contributed by atoms with Crippen molar-refractivity contribution in [2.24, 2.45) is 0 Å². The fourth-order valence-electron chi connectivity index (χ4n) is 1.68. The molecule has 0 aliphatic carbocycles. The summed E-state index contributed by atoms with van der Waals surface area (Å²) in [5.74, 6) is 0. The molecule has 1 heterocycles. The third kappa shape index (κ3) is 3.96. The van der Waals surface area contributed by atoms with E-state index in [4.69, 9.17) is 19.6 Å². The molecule has 0 saturated carbocycles. The molecule has 1 rings (SSSR count). The molecule has 90 valence electrons. The predicted octanol–water partition coefficient (Wildman–Crippen LogP) is -0.190.